The quantitative estimate of drug-likeness (QED) is 0.799. The molecule has 3 nitrogen and oxygen atoms in total. The molecule has 1 N–H and O–H groups in total. The largest absolute Gasteiger partial charge is 0.335 e. The first-order valence-corrected chi connectivity index (χ1v) is 4.97. The van der Waals surface area contributed by atoms with Crippen LogP contribution in [0.1, 0.15) is 24.7 Å². The Kier molecular flexibility index (Phi) is 2.19. The Morgan fingerprint density at radius 3 is 3.08 bits per heavy atom. The smallest absolute Gasteiger partial charge is 0.124 e. The zero-order valence-electron chi connectivity index (χ0n) is 7.05. The number of imidazole rings is 1. The Hall–Kier alpha value is -0.350. The predicted molar refractivity (Wildman–Crippen MR) is 50.9 cm³/mol. The molecule has 2 rings (SSSR count). The van der Waals surface area contributed by atoms with Gasteiger partial charge in [-0.1, -0.05) is 0 Å². The molecule has 1 aromatic rings. The topological polar surface area (TPSA) is 31.9 Å². The van der Waals surface area contributed by atoms with Gasteiger partial charge in [-0.15, -0.1) is 0 Å². The highest BCUT2D eigenvalue weighted by Gasteiger charge is 2.24. The summed E-state index contributed by atoms with van der Waals surface area (Å²) in [5, 5.41) is 0. The number of rotatable bonds is 1. The average Bonchev–Trinajstić information content (AvgIpc) is 2.58. The van der Waals surface area contributed by atoms with Gasteiger partial charge in [0.05, 0.1) is 12.2 Å². The van der Waals surface area contributed by atoms with Gasteiger partial charge >= 0.3 is 0 Å². The zero-order chi connectivity index (χ0) is 8.55. The van der Waals surface area contributed by atoms with E-state index in [0.717, 1.165) is 10.4 Å². The standard InChI is InChI=1S/C8H12BrN3/c1-12-4-2-3-6(12)8-10-5-7(9)11-8/h5-6H,2-4H2,1H3,(H,10,11)/t6-/m0/s1. The summed E-state index contributed by atoms with van der Waals surface area (Å²) in [5.74, 6) is 1.09. The van der Waals surface area contributed by atoms with Gasteiger partial charge in [0.1, 0.15) is 10.4 Å². The summed E-state index contributed by atoms with van der Waals surface area (Å²) in [6, 6.07) is 0.497. The van der Waals surface area contributed by atoms with E-state index in [1.165, 1.54) is 19.4 Å². The fourth-order valence-corrected chi connectivity index (χ4v) is 2.04. The van der Waals surface area contributed by atoms with Crippen molar-refractivity contribution in [2.45, 2.75) is 18.9 Å². The summed E-state index contributed by atoms with van der Waals surface area (Å²) < 4.78 is 0.970. The average molecular weight is 230 g/mol. The second-order valence-corrected chi connectivity index (χ2v) is 4.11. The molecule has 4 heteroatoms. The third kappa shape index (κ3) is 1.41. The molecule has 0 spiro atoms. The Balaban J connectivity index is 2.19. The zero-order valence-corrected chi connectivity index (χ0v) is 8.63. The van der Waals surface area contributed by atoms with Crippen LogP contribution in [0.4, 0.5) is 0 Å². The third-order valence-electron chi connectivity index (χ3n) is 2.40. The molecule has 1 aliphatic heterocycles. The molecule has 66 valence electrons. The number of H-pyrrole nitrogens is 1. The number of likely N-dealkylation sites (tertiary alicyclic amines) is 1. The second-order valence-electron chi connectivity index (χ2n) is 3.26. The normalized spacial score (nSPS) is 25.0. The van der Waals surface area contributed by atoms with Crippen molar-refractivity contribution < 1.29 is 0 Å². The van der Waals surface area contributed by atoms with E-state index in [1.54, 1.807) is 0 Å². The Morgan fingerprint density at radius 2 is 2.58 bits per heavy atom. The van der Waals surface area contributed by atoms with Crippen LogP contribution in [-0.4, -0.2) is 28.5 Å². The monoisotopic (exact) mass is 229 g/mol. The molecule has 0 unspecified atom stereocenters. The fraction of sp³-hybridized carbons (Fsp3) is 0.625. The van der Waals surface area contributed by atoms with E-state index in [9.17, 15) is 0 Å². The van der Waals surface area contributed by atoms with Gasteiger partial charge in [-0.2, -0.15) is 0 Å². The molecule has 0 amide bonds. The van der Waals surface area contributed by atoms with Crippen LogP contribution < -0.4 is 0 Å². The van der Waals surface area contributed by atoms with E-state index in [0.29, 0.717) is 6.04 Å². The van der Waals surface area contributed by atoms with Crippen molar-refractivity contribution in [1.82, 2.24) is 14.9 Å². The number of hydrogen-bond acceptors (Lipinski definition) is 2. The molecule has 2 heterocycles. The lowest BCUT2D eigenvalue weighted by Crippen LogP contribution is -2.18. The lowest BCUT2D eigenvalue weighted by molar-refractivity contribution is 0.307. The maximum absolute atomic E-state index is 4.30. The number of aromatic nitrogens is 2. The molecule has 0 aromatic carbocycles. The van der Waals surface area contributed by atoms with E-state index in [4.69, 9.17) is 0 Å². The van der Waals surface area contributed by atoms with Gasteiger partial charge in [-0.25, -0.2) is 4.98 Å². The maximum atomic E-state index is 4.30. The van der Waals surface area contributed by atoms with Gasteiger partial charge in [0.25, 0.3) is 0 Å². The van der Waals surface area contributed by atoms with Crippen molar-refractivity contribution in [3.8, 4) is 0 Å². The molecule has 1 fully saturated rings. The minimum Gasteiger partial charge on any atom is -0.335 e. The van der Waals surface area contributed by atoms with E-state index in [2.05, 4.69) is 37.8 Å². The van der Waals surface area contributed by atoms with Crippen molar-refractivity contribution in [2.24, 2.45) is 0 Å². The van der Waals surface area contributed by atoms with Crippen LogP contribution in [0.5, 0.6) is 0 Å². The van der Waals surface area contributed by atoms with Crippen molar-refractivity contribution in [3.63, 3.8) is 0 Å². The Bertz CT molecular complexity index is 271. The molecule has 0 bridgehead atoms. The number of nitrogens with one attached hydrogen (secondary N) is 1. The Labute approximate surface area is 80.3 Å². The molecule has 1 saturated heterocycles. The number of nitrogens with zero attached hydrogens (tertiary/aromatic N) is 2. The van der Waals surface area contributed by atoms with Crippen LogP contribution in [0, 0.1) is 0 Å². The van der Waals surface area contributed by atoms with Crippen LogP contribution in [0.2, 0.25) is 0 Å². The minimum atomic E-state index is 0.497. The molecule has 1 aliphatic rings. The van der Waals surface area contributed by atoms with Crippen LogP contribution in [0.25, 0.3) is 0 Å². The van der Waals surface area contributed by atoms with E-state index in [-0.39, 0.29) is 0 Å². The number of aromatic amines is 1. The Morgan fingerprint density at radius 1 is 1.75 bits per heavy atom. The second kappa shape index (κ2) is 3.18. The highest BCUT2D eigenvalue weighted by Crippen LogP contribution is 2.28. The van der Waals surface area contributed by atoms with Crippen LogP contribution in [-0.2, 0) is 0 Å². The van der Waals surface area contributed by atoms with Crippen molar-refractivity contribution >= 4 is 15.9 Å². The first-order chi connectivity index (χ1) is 5.77. The highest BCUT2D eigenvalue weighted by atomic mass is 79.9. The van der Waals surface area contributed by atoms with E-state index >= 15 is 0 Å². The molecule has 1 atom stereocenters. The molecule has 0 saturated carbocycles. The summed E-state index contributed by atoms with van der Waals surface area (Å²) in [6.45, 7) is 1.18. The summed E-state index contributed by atoms with van der Waals surface area (Å²) in [4.78, 5) is 9.85. The van der Waals surface area contributed by atoms with Crippen molar-refractivity contribution in [1.29, 1.82) is 0 Å². The van der Waals surface area contributed by atoms with Gasteiger partial charge in [-0.3, -0.25) is 4.90 Å². The summed E-state index contributed by atoms with van der Waals surface area (Å²) >= 11 is 3.36. The lowest BCUT2D eigenvalue weighted by atomic mass is 10.2. The van der Waals surface area contributed by atoms with Gasteiger partial charge in [0.15, 0.2) is 0 Å². The molecule has 12 heavy (non-hydrogen) atoms. The number of halogens is 1. The highest BCUT2D eigenvalue weighted by molar-refractivity contribution is 9.10. The molecule has 0 radical (unpaired) electrons. The van der Waals surface area contributed by atoms with Crippen LogP contribution in [0.3, 0.4) is 0 Å². The fourth-order valence-electron chi connectivity index (χ4n) is 1.74. The van der Waals surface area contributed by atoms with Gasteiger partial charge in [0.2, 0.25) is 0 Å². The lowest BCUT2D eigenvalue weighted by Gasteiger charge is -2.16. The van der Waals surface area contributed by atoms with Crippen LogP contribution in [0.15, 0.2) is 10.8 Å². The summed E-state index contributed by atoms with van der Waals surface area (Å²) in [5.41, 5.74) is 0. The van der Waals surface area contributed by atoms with Crippen molar-refractivity contribution in [3.05, 3.63) is 16.6 Å². The minimum absolute atomic E-state index is 0.497. The number of hydrogen-bond donors (Lipinski definition) is 1. The van der Waals surface area contributed by atoms with E-state index < -0.39 is 0 Å². The van der Waals surface area contributed by atoms with Crippen LogP contribution >= 0.6 is 15.9 Å². The SMILES string of the molecule is CN1CCC[C@H]1c1ncc(Br)[nH]1. The molecular weight excluding hydrogens is 218 g/mol. The van der Waals surface area contributed by atoms with Gasteiger partial charge in [-0.05, 0) is 42.4 Å². The first kappa shape index (κ1) is 8.26. The third-order valence-corrected chi connectivity index (χ3v) is 2.80. The van der Waals surface area contributed by atoms with Gasteiger partial charge < -0.3 is 4.98 Å². The van der Waals surface area contributed by atoms with E-state index in [1.807, 2.05) is 6.20 Å². The molecule has 1 aromatic heterocycles. The summed E-state index contributed by atoms with van der Waals surface area (Å²) in [7, 11) is 2.15. The first-order valence-electron chi connectivity index (χ1n) is 4.18. The molecule has 0 aliphatic carbocycles. The van der Waals surface area contributed by atoms with Gasteiger partial charge in [0, 0.05) is 0 Å². The summed E-state index contributed by atoms with van der Waals surface area (Å²) in [6.07, 6.45) is 4.32. The van der Waals surface area contributed by atoms with Crippen molar-refractivity contribution in [2.75, 3.05) is 13.6 Å². The maximum Gasteiger partial charge on any atom is 0.124 e. The molecular formula is C8H12BrN3. The predicted octanol–water partition coefficient (Wildman–Crippen LogP) is 1.94.